The Morgan fingerprint density at radius 1 is 1.15 bits per heavy atom. The second-order valence-electron chi connectivity index (χ2n) is 4.60. The Morgan fingerprint density at radius 2 is 1.80 bits per heavy atom. The molecule has 0 fully saturated rings. The highest BCUT2D eigenvalue weighted by molar-refractivity contribution is 7.89. The summed E-state index contributed by atoms with van der Waals surface area (Å²) < 4.78 is 26.5. The van der Waals surface area contributed by atoms with Crippen LogP contribution in [0.1, 0.15) is 38.2 Å². The predicted molar refractivity (Wildman–Crippen MR) is 77.1 cm³/mol. The van der Waals surface area contributed by atoms with Crippen molar-refractivity contribution >= 4 is 16.0 Å². The lowest BCUT2D eigenvalue weighted by Crippen LogP contribution is -2.24. The summed E-state index contributed by atoms with van der Waals surface area (Å²) in [6, 6.07) is 6.82. The predicted octanol–water partition coefficient (Wildman–Crippen LogP) is 2.17. The molecule has 1 rings (SSSR count). The highest BCUT2D eigenvalue weighted by atomic mass is 32.2. The van der Waals surface area contributed by atoms with E-state index in [4.69, 9.17) is 5.11 Å². The van der Waals surface area contributed by atoms with Gasteiger partial charge in [-0.3, -0.25) is 4.79 Å². The van der Waals surface area contributed by atoms with Crippen LogP contribution in [0.5, 0.6) is 0 Å². The molecular weight excluding hydrogens is 278 g/mol. The van der Waals surface area contributed by atoms with E-state index < -0.39 is 16.0 Å². The fraction of sp³-hybridized carbons (Fsp3) is 0.500. The van der Waals surface area contributed by atoms with Gasteiger partial charge in [0.2, 0.25) is 10.0 Å². The van der Waals surface area contributed by atoms with Crippen molar-refractivity contribution in [2.75, 3.05) is 6.54 Å². The fourth-order valence-electron chi connectivity index (χ4n) is 1.77. The van der Waals surface area contributed by atoms with Crippen LogP contribution in [0, 0.1) is 0 Å². The molecule has 0 aliphatic carbocycles. The van der Waals surface area contributed by atoms with E-state index in [0.717, 1.165) is 12.0 Å². The maximum absolute atomic E-state index is 12.0. The van der Waals surface area contributed by atoms with Crippen molar-refractivity contribution in [2.24, 2.45) is 0 Å². The SMILES string of the molecule is CCc1ccc(S(=O)(=O)NCCCCCC(=O)O)cc1. The minimum absolute atomic E-state index is 0.130. The summed E-state index contributed by atoms with van der Waals surface area (Å²) in [6.07, 6.45) is 2.91. The smallest absolute Gasteiger partial charge is 0.303 e. The molecule has 0 aromatic heterocycles. The molecule has 1 aromatic rings. The lowest BCUT2D eigenvalue weighted by molar-refractivity contribution is -0.137. The van der Waals surface area contributed by atoms with E-state index in [9.17, 15) is 13.2 Å². The highest BCUT2D eigenvalue weighted by Gasteiger charge is 2.12. The first-order valence-corrected chi connectivity index (χ1v) is 8.24. The maximum atomic E-state index is 12.0. The summed E-state index contributed by atoms with van der Waals surface area (Å²) in [5.41, 5.74) is 1.10. The Morgan fingerprint density at radius 3 is 2.35 bits per heavy atom. The molecule has 0 heterocycles. The van der Waals surface area contributed by atoms with Crippen molar-refractivity contribution in [3.63, 3.8) is 0 Å². The van der Waals surface area contributed by atoms with Crippen LogP contribution in [0.25, 0.3) is 0 Å². The van der Waals surface area contributed by atoms with Crippen molar-refractivity contribution < 1.29 is 18.3 Å². The second-order valence-corrected chi connectivity index (χ2v) is 6.37. The van der Waals surface area contributed by atoms with Crippen molar-refractivity contribution in [1.82, 2.24) is 4.72 Å². The lowest BCUT2D eigenvalue weighted by atomic mass is 10.2. The zero-order valence-electron chi connectivity index (χ0n) is 11.6. The van der Waals surface area contributed by atoms with Gasteiger partial charge in [0.05, 0.1) is 4.90 Å². The monoisotopic (exact) mass is 299 g/mol. The van der Waals surface area contributed by atoms with Crippen molar-refractivity contribution in [2.45, 2.75) is 43.9 Å². The molecule has 5 nitrogen and oxygen atoms in total. The molecule has 0 amide bonds. The number of unbranched alkanes of at least 4 members (excludes halogenated alkanes) is 2. The number of aryl methyl sites for hydroxylation is 1. The molecule has 2 N–H and O–H groups in total. The van der Waals surface area contributed by atoms with Crippen LogP contribution < -0.4 is 4.72 Å². The van der Waals surface area contributed by atoms with Crippen molar-refractivity contribution in [1.29, 1.82) is 0 Å². The third-order valence-corrected chi connectivity index (χ3v) is 4.48. The van der Waals surface area contributed by atoms with Gasteiger partial charge in [-0.25, -0.2) is 13.1 Å². The van der Waals surface area contributed by atoms with E-state index in [1.54, 1.807) is 24.3 Å². The molecular formula is C14H21NO4S. The molecule has 6 heteroatoms. The van der Waals surface area contributed by atoms with Crippen LogP contribution in [0.15, 0.2) is 29.2 Å². The summed E-state index contributed by atoms with van der Waals surface area (Å²) in [5, 5.41) is 8.48. The first kappa shape index (κ1) is 16.7. The third kappa shape index (κ3) is 5.71. The van der Waals surface area contributed by atoms with Crippen LogP contribution >= 0.6 is 0 Å². The summed E-state index contributed by atoms with van der Waals surface area (Å²) in [7, 11) is -3.46. The van der Waals surface area contributed by atoms with Gasteiger partial charge in [-0.1, -0.05) is 25.5 Å². The number of carboxylic acids is 1. The first-order valence-electron chi connectivity index (χ1n) is 6.76. The molecule has 0 aliphatic rings. The summed E-state index contributed by atoms with van der Waals surface area (Å²) >= 11 is 0. The number of benzene rings is 1. The van der Waals surface area contributed by atoms with Gasteiger partial charge < -0.3 is 5.11 Å². The normalized spacial score (nSPS) is 11.4. The molecule has 0 radical (unpaired) electrons. The van der Waals surface area contributed by atoms with Gasteiger partial charge in [0.1, 0.15) is 0 Å². The zero-order valence-corrected chi connectivity index (χ0v) is 12.4. The molecule has 1 aromatic carbocycles. The van der Waals surface area contributed by atoms with E-state index in [0.29, 0.717) is 25.8 Å². The van der Waals surface area contributed by atoms with E-state index in [-0.39, 0.29) is 11.3 Å². The average molecular weight is 299 g/mol. The van der Waals surface area contributed by atoms with E-state index in [1.807, 2.05) is 6.92 Å². The maximum Gasteiger partial charge on any atom is 0.303 e. The molecule has 0 spiro atoms. The van der Waals surface area contributed by atoms with Gasteiger partial charge in [0.15, 0.2) is 0 Å². The minimum Gasteiger partial charge on any atom is -0.481 e. The number of hydrogen-bond donors (Lipinski definition) is 2. The Labute approximate surface area is 120 Å². The van der Waals surface area contributed by atoms with Crippen LogP contribution in [-0.2, 0) is 21.2 Å². The molecule has 0 bridgehead atoms. The Hall–Kier alpha value is -1.40. The van der Waals surface area contributed by atoms with Crippen molar-refractivity contribution in [3.05, 3.63) is 29.8 Å². The van der Waals surface area contributed by atoms with Crippen LogP contribution in [0.3, 0.4) is 0 Å². The average Bonchev–Trinajstić information content (AvgIpc) is 2.42. The second kappa shape index (κ2) is 8.01. The number of rotatable bonds is 9. The summed E-state index contributed by atoms with van der Waals surface area (Å²) in [6.45, 7) is 2.34. The number of aliphatic carboxylic acids is 1. The van der Waals surface area contributed by atoms with Gasteiger partial charge >= 0.3 is 5.97 Å². The van der Waals surface area contributed by atoms with Crippen molar-refractivity contribution in [3.8, 4) is 0 Å². The number of hydrogen-bond acceptors (Lipinski definition) is 3. The quantitative estimate of drug-likeness (QED) is 0.685. The summed E-state index contributed by atoms with van der Waals surface area (Å²) in [4.78, 5) is 10.6. The largest absolute Gasteiger partial charge is 0.481 e. The molecule has 0 aliphatic heterocycles. The van der Waals surface area contributed by atoms with E-state index >= 15 is 0 Å². The highest BCUT2D eigenvalue weighted by Crippen LogP contribution is 2.11. The molecule has 0 saturated carbocycles. The Balaban J connectivity index is 2.39. The fourth-order valence-corrected chi connectivity index (χ4v) is 2.85. The van der Waals surface area contributed by atoms with Gasteiger partial charge in [0, 0.05) is 13.0 Å². The molecule has 0 atom stereocenters. The van der Waals surface area contributed by atoms with Gasteiger partial charge in [-0.15, -0.1) is 0 Å². The van der Waals surface area contributed by atoms with Crippen LogP contribution in [-0.4, -0.2) is 26.0 Å². The summed E-state index contributed by atoms with van der Waals surface area (Å²) in [5.74, 6) is -0.818. The molecule has 0 saturated heterocycles. The number of carbonyl (C=O) groups is 1. The molecule has 0 unspecified atom stereocenters. The van der Waals surface area contributed by atoms with Gasteiger partial charge in [-0.05, 0) is 37.0 Å². The molecule has 20 heavy (non-hydrogen) atoms. The van der Waals surface area contributed by atoms with Crippen LogP contribution in [0.2, 0.25) is 0 Å². The standard InChI is InChI=1S/C14H21NO4S/c1-2-12-7-9-13(10-8-12)20(18,19)15-11-5-3-4-6-14(16)17/h7-10,15H,2-6,11H2,1H3,(H,16,17). The van der Waals surface area contributed by atoms with Gasteiger partial charge in [-0.2, -0.15) is 0 Å². The minimum atomic E-state index is -3.46. The Kier molecular flexibility index (Phi) is 6.67. The van der Waals surface area contributed by atoms with Crippen LogP contribution in [0.4, 0.5) is 0 Å². The third-order valence-electron chi connectivity index (χ3n) is 3.00. The number of nitrogens with one attached hydrogen (secondary N) is 1. The molecule has 112 valence electrons. The zero-order chi connectivity index (χ0) is 15.0. The first-order chi connectivity index (χ1) is 9.45. The number of sulfonamides is 1. The number of carboxylic acid groups (broad SMARTS) is 1. The lowest BCUT2D eigenvalue weighted by Gasteiger charge is -2.07. The van der Waals surface area contributed by atoms with E-state index in [1.165, 1.54) is 0 Å². The topological polar surface area (TPSA) is 83.5 Å². The van der Waals surface area contributed by atoms with E-state index in [2.05, 4.69) is 4.72 Å². The van der Waals surface area contributed by atoms with Gasteiger partial charge in [0.25, 0.3) is 0 Å². The Bertz CT molecular complexity index is 523.